The fourth-order valence-electron chi connectivity index (χ4n) is 1.49. The van der Waals surface area contributed by atoms with Crippen molar-refractivity contribution in [3.8, 4) is 11.8 Å². The summed E-state index contributed by atoms with van der Waals surface area (Å²) in [5, 5.41) is 0. The van der Waals surface area contributed by atoms with Gasteiger partial charge in [0.1, 0.15) is 0 Å². The molecule has 0 bridgehead atoms. The van der Waals surface area contributed by atoms with Crippen LogP contribution in [-0.2, 0) is 26.2 Å². The van der Waals surface area contributed by atoms with Gasteiger partial charge >= 0.3 is 26.2 Å². The monoisotopic (exact) mass is 392 g/mol. The summed E-state index contributed by atoms with van der Waals surface area (Å²) < 4.78 is 0. The van der Waals surface area contributed by atoms with E-state index in [9.17, 15) is 0 Å². The SMILES string of the molecule is C(#Cc1ccccc1)C1=[C-]CC=C1.Cl.Cl.[C-]1=CC=CC1.[Zr+2]. The fraction of sp³-hybridized carbons (Fsp3) is 0.111. The molecule has 0 aromatic heterocycles. The average molecular weight is 394 g/mol. The Hall–Kier alpha value is -0.797. The van der Waals surface area contributed by atoms with E-state index in [4.69, 9.17) is 0 Å². The first-order valence-corrected chi connectivity index (χ1v) is 6.01. The van der Waals surface area contributed by atoms with Gasteiger partial charge in [-0.05, 0) is 12.1 Å². The van der Waals surface area contributed by atoms with Crippen LogP contribution in [0.3, 0.4) is 0 Å². The van der Waals surface area contributed by atoms with Crippen molar-refractivity contribution in [1.82, 2.24) is 0 Å². The van der Waals surface area contributed by atoms with Gasteiger partial charge in [-0.15, -0.1) is 43.2 Å². The molecule has 0 saturated heterocycles. The molecule has 3 heteroatoms. The van der Waals surface area contributed by atoms with Gasteiger partial charge in [-0.2, -0.15) is 23.8 Å². The summed E-state index contributed by atoms with van der Waals surface area (Å²) in [6.07, 6.45) is 18.1. The van der Waals surface area contributed by atoms with E-state index < -0.39 is 0 Å². The Kier molecular flexibility index (Phi) is 15.2. The summed E-state index contributed by atoms with van der Waals surface area (Å²) in [7, 11) is 0. The smallest absolute Gasteiger partial charge is 0.273 e. The summed E-state index contributed by atoms with van der Waals surface area (Å²) >= 11 is 0. The van der Waals surface area contributed by atoms with Crippen LogP contribution in [0.2, 0.25) is 0 Å². The number of rotatable bonds is 0. The van der Waals surface area contributed by atoms with E-state index in [0.717, 1.165) is 24.0 Å². The summed E-state index contributed by atoms with van der Waals surface area (Å²) in [5.41, 5.74) is 2.06. The van der Waals surface area contributed by atoms with E-state index in [2.05, 4.69) is 36.1 Å². The van der Waals surface area contributed by atoms with Crippen LogP contribution in [0.15, 0.2) is 66.3 Å². The molecule has 1 aromatic carbocycles. The van der Waals surface area contributed by atoms with E-state index in [1.165, 1.54) is 0 Å². The minimum Gasteiger partial charge on any atom is -0.273 e. The minimum absolute atomic E-state index is 0. The van der Waals surface area contributed by atoms with Gasteiger partial charge in [0, 0.05) is 5.56 Å². The van der Waals surface area contributed by atoms with Crippen molar-refractivity contribution in [2.24, 2.45) is 0 Å². The molecule has 0 aliphatic heterocycles. The average Bonchev–Trinajstić information content (AvgIpc) is 3.13. The predicted octanol–water partition coefficient (Wildman–Crippen LogP) is 4.87. The first-order chi connectivity index (χ1) is 8.95. The zero-order valence-electron chi connectivity index (χ0n) is 11.5. The first-order valence-electron chi connectivity index (χ1n) is 6.01. The second-order valence-corrected chi connectivity index (χ2v) is 3.82. The Bertz CT molecular complexity index is 548. The molecule has 2 aliphatic carbocycles. The Morgan fingerprint density at radius 1 is 0.905 bits per heavy atom. The molecule has 106 valence electrons. The van der Waals surface area contributed by atoms with E-state index >= 15 is 0 Å². The molecule has 0 heterocycles. The molecule has 0 radical (unpaired) electrons. The maximum Gasteiger partial charge on any atom is 2.00 e. The van der Waals surface area contributed by atoms with Crippen molar-refractivity contribution in [3.05, 3.63) is 84.0 Å². The molecule has 1 aromatic rings. The van der Waals surface area contributed by atoms with Gasteiger partial charge in [0.05, 0.1) is 0 Å². The van der Waals surface area contributed by atoms with Gasteiger partial charge in [-0.1, -0.05) is 24.6 Å². The summed E-state index contributed by atoms with van der Waals surface area (Å²) in [6, 6.07) is 9.99. The van der Waals surface area contributed by atoms with Crippen molar-refractivity contribution in [2.75, 3.05) is 0 Å². The Morgan fingerprint density at radius 2 is 1.67 bits per heavy atom. The van der Waals surface area contributed by atoms with Crippen LogP contribution in [0.4, 0.5) is 0 Å². The van der Waals surface area contributed by atoms with Crippen LogP contribution in [-0.4, -0.2) is 0 Å². The summed E-state index contributed by atoms with van der Waals surface area (Å²) in [4.78, 5) is 0. The van der Waals surface area contributed by atoms with Crippen LogP contribution in [0.5, 0.6) is 0 Å². The molecule has 3 rings (SSSR count). The molecule has 0 amide bonds. The van der Waals surface area contributed by atoms with Gasteiger partial charge in [0.15, 0.2) is 0 Å². The van der Waals surface area contributed by atoms with Crippen molar-refractivity contribution in [2.45, 2.75) is 12.8 Å². The van der Waals surface area contributed by atoms with Crippen molar-refractivity contribution in [3.63, 3.8) is 0 Å². The van der Waals surface area contributed by atoms with Gasteiger partial charge in [0.2, 0.25) is 0 Å². The third-order valence-corrected chi connectivity index (χ3v) is 2.40. The molecule has 0 unspecified atom stereocenters. The predicted molar refractivity (Wildman–Crippen MR) is 89.9 cm³/mol. The van der Waals surface area contributed by atoms with Crippen molar-refractivity contribution in [1.29, 1.82) is 0 Å². The van der Waals surface area contributed by atoms with E-state index in [1.807, 2.05) is 48.6 Å². The Balaban J connectivity index is 0. The van der Waals surface area contributed by atoms with Gasteiger partial charge in [0.25, 0.3) is 0 Å². The number of hydrogen-bond donors (Lipinski definition) is 0. The van der Waals surface area contributed by atoms with Crippen LogP contribution in [0.25, 0.3) is 0 Å². The number of halogens is 2. The largest absolute Gasteiger partial charge is 2.00 e. The molecule has 0 nitrogen and oxygen atoms in total. The first kappa shape index (κ1) is 22.5. The Morgan fingerprint density at radius 3 is 2.14 bits per heavy atom. The molecule has 0 spiro atoms. The zero-order chi connectivity index (χ0) is 12.5. The number of allylic oxidation sites excluding steroid dienone is 8. The maximum atomic E-state index is 3.16. The molecule has 0 saturated carbocycles. The van der Waals surface area contributed by atoms with Crippen LogP contribution >= 0.6 is 24.8 Å². The second kappa shape index (κ2) is 14.2. The van der Waals surface area contributed by atoms with E-state index in [-0.39, 0.29) is 51.0 Å². The topological polar surface area (TPSA) is 0 Å². The van der Waals surface area contributed by atoms with Crippen LogP contribution in [0, 0.1) is 24.0 Å². The van der Waals surface area contributed by atoms with E-state index in [0.29, 0.717) is 0 Å². The standard InChI is InChI=1S/C13H9.C5H5.2ClH.Zr/c1-2-6-12(7-3-1)10-11-13-8-4-5-9-13;1-2-4-5-3-1;;;/h1-4,6-8H,5H2;1-3H,4H2;2*1H;/q2*-1;;;+2. The third-order valence-electron chi connectivity index (χ3n) is 2.40. The second-order valence-electron chi connectivity index (χ2n) is 3.82. The molecular weight excluding hydrogens is 378 g/mol. The molecule has 0 atom stereocenters. The molecular formula is C18H16Cl2Zr. The fourth-order valence-corrected chi connectivity index (χ4v) is 1.49. The maximum absolute atomic E-state index is 3.16. The quantitative estimate of drug-likeness (QED) is 0.435. The van der Waals surface area contributed by atoms with E-state index in [1.54, 1.807) is 0 Å². The van der Waals surface area contributed by atoms with Crippen molar-refractivity contribution < 1.29 is 26.2 Å². The summed E-state index contributed by atoms with van der Waals surface area (Å²) in [6.45, 7) is 0. The summed E-state index contributed by atoms with van der Waals surface area (Å²) in [5.74, 6) is 6.15. The van der Waals surface area contributed by atoms with Crippen LogP contribution < -0.4 is 0 Å². The molecule has 0 N–H and O–H groups in total. The molecule has 2 aliphatic rings. The van der Waals surface area contributed by atoms with Gasteiger partial charge in [-0.3, -0.25) is 6.08 Å². The normalized spacial score (nSPS) is 12.5. The number of hydrogen-bond acceptors (Lipinski definition) is 0. The number of benzene rings is 1. The zero-order valence-corrected chi connectivity index (χ0v) is 15.6. The molecule has 0 fully saturated rings. The Labute approximate surface area is 159 Å². The van der Waals surface area contributed by atoms with Crippen LogP contribution in [0.1, 0.15) is 18.4 Å². The third kappa shape index (κ3) is 9.70. The van der Waals surface area contributed by atoms with Gasteiger partial charge in [-0.25, -0.2) is 18.1 Å². The van der Waals surface area contributed by atoms with Gasteiger partial charge < -0.3 is 0 Å². The van der Waals surface area contributed by atoms with Crippen molar-refractivity contribution >= 4 is 24.8 Å². The minimum atomic E-state index is 0. The molecule has 21 heavy (non-hydrogen) atoms.